The molecule has 0 aliphatic rings. The molecule has 1 rings (SSSR count). The minimum absolute atomic E-state index is 0.515. The van der Waals surface area contributed by atoms with Gasteiger partial charge in [-0.15, -0.1) is 0 Å². The van der Waals surface area contributed by atoms with Gasteiger partial charge in [-0.05, 0) is 18.6 Å². The number of pyridine rings is 1. The Morgan fingerprint density at radius 2 is 2.30 bits per heavy atom. The summed E-state index contributed by atoms with van der Waals surface area (Å²) in [6.07, 6.45) is 5.28. The molecule has 1 aromatic rings. The van der Waals surface area contributed by atoms with Crippen LogP contribution in [0.3, 0.4) is 0 Å². The molecule has 0 unspecified atom stereocenters. The number of hydrogen-bond acceptors (Lipinski definition) is 1. The SMILES string of the molecule is [CH2]/C=C/c1ccc(Cl)nc1. The summed E-state index contributed by atoms with van der Waals surface area (Å²) in [5.74, 6) is 0. The lowest BCUT2D eigenvalue weighted by molar-refractivity contribution is 1.32. The first kappa shape index (κ1) is 7.29. The van der Waals surface area contributed by atoms with Gasteiger partial charge in [0, 0.05) is 6.20 Å². The zero-order chi connectivity index (χ0) is 7.40. The fourth-order valence-electron chi connectivity index (χ4n) is 0.622. The Morgan fingerprint density at radius 1 is 1.50 bits per heavy atom. The van der Waals surface area contributed by atoms with E-state index in [4.69, 9.17) is 11.6 Å². The molecule has 0 fully saturated rings. The molecule has 0 amide bonds. The van der Waals surface area contributed by atoms with Gasteiger partial charge in [0.15, 0.2) is 0 Å². The highest BCUT2D eigenvalue weighted by Gasteiger charge is 1.86. The molecule has 0 aliphatic carbocycles. The molecule has 0 saturated heterocycles. The minimum Gasteiger partial charge on any atom is -0.244 e. The van der Waals surface area contributed by atoms with Gasteiger partial charge in [0.1, 0.15) is 5.15 Å². The summed E-state index contributed by atoms with van der Waals surface area (Å²) < 4.78 is 0. The molecule has 0 saturated carbocycles. The van der Waals surface area contributed by atoms with Crippen LogP contribution in [-0.2, 0) is 0 Å². The monoisotopic (exact) mass is 152 g/mol. The predicted octanol–water partition coefficient (Wildman–Crippen LogP) is 2.58. The lowest BCUT2D eigenvalue weighted by Gasteiger charge is -1.90. The Balaban J connectivity index is 2.89. The molecule has 1 aromatic heterocycles. The molecular weight excluding hydrogens is 146 g/mol. The lowest BCUT2D eigenvalue weighted by atomic mass is 10.3. The zero-order valence-electron chi connectivity index (χ0n) is 5.42. The topological polar surface area (TPSA) is 12.9 Å². The van der Waals surface area contributed by atoms with E-state index in [-0.39, 0.29) is 0 Å². The van der Waals surface area contributed by atoms with Crippen molar-refractivity contribution in [1.82, 2.24) is 4.98 Å². The van der Waals surface area contributed by atoms with Crippen LogP contribution in [0.4, 0.5) is 0 Å². The van der Waals surface area contributed by atoms with Crippen molar-refractivity contribution in [3.63, 3.8) is 0 Å². The number of rotatable bonds is 1. The number of nitrogens with zero attached hydrogens (tertiary/aromatic N) is 1. The van der Waals surface area contributed by atoms with E-state index in [1.54, 1.807) is 18.3 Å². The van der Waals surface area contributed by atoms with Crippen molar-refractivity contribution in [3.05, 3.63) is 42.0 Å². The number of aromatic nitrogens is 1. The van der Waals surface area contributed by atoms with E-state index >= 15 is 0 Å². The molecule has 0 aliphatic heterocycles. The van der Waals surface area contributed by atoms with Crippen molar-refractivity contribution in [2.45, 2.75) is 0 Å². The van der Waals surface area contributed by atoms with Crippen molar-refractivity contribution in [2.75, 3.05) is 0 Å². The summed E-state index contributed by atoms with van der Waals surface area (Å²) in [5, 5.41) is 0.515. The highest BCUT2D eigenvalue weighted by Crippen LogP contribution is 2.05. The van der Waals surface area contributed by atoms with Crippen molar-refractivity contribution >= 4 is 17.7 Å². The van der Waals surface area contributed by atoms with Crippen molar-refractivity contribution in [3.8, 4) is 0 Å². The fraction of sp³-hybridized carbons (Fsp3) is 0. The van der Waals surface area contributed by atoms with Crippen LogP contribution >= 0.6 is 11.6 Å². The van der Waals surface area contributed by atoms with Crippen molar-refractivity contribution < 1.29 is 0 Å². The molecule has 0 atom stereocenters. The first-order valence-electron chi connectivity index (χ1n) is 2.90. The van der Waals surface area contributed by atoms with Crippen molar-refractivity contribution in [2.24, 2.45) is 0 Å². The van der Waals surface area contributed by atoms with Crippen LogP contribution in [0.2, 0.25) is 5.15 Å². The van der Waals surface area contributed by atoms with Crippen LogP contribution in [-0.4, -0.2) is 4.98 Å². The van der Waals surface area contributed by atoms with Gasteiger partial charge in [-0.25, -0.2) is 4.98 Å². The average molecular weight is 153 g/mol. The number of allylic oxidation sites excluding steroid dienone is 1. The molecule has 0 bridgehead atoms. The third-order valence-corrected chi connectivity index (χ3v) is 1.28. The van der Waals surface area contributed by atoms with Gasteiger partial charge >= 0.3 is 0 Å². The van der Waals surface area contributed by atoms with E-state index in [1.165, 1.54) is 0 Å². The largest absolute Gasteiger partial charge is 0.244 e. The predicted molar refractivity (Wildman–Crippen MR) is 43.6 cm³/mol. The third-order valence-electron chi connectivity index (χ3n) is 1.06. The molecule has 1 heterocycles. The molecular formula is C8H7ClN. The highest BCUT2D eigenvalue weighted by atomic mass is 35.5. The van der Waals surface area contributed by atoms with Gasteiger partial charge < -0.3 is 0 Å². The summed E-state index contributed by atoms with van der Waals surface area (Å²) in [4.78, 5) is 3.88. The Kier molecular flexibility index (Phi) is 2.46. The van der Waals surface area contributed by atoms with Gasteiger partial charge in [0.25, 0.3) is 0 Å². The van der Waals surface area contributed by atoms with Crippen LogP contribution < -0.4 is 0 Å². The standard InChI is InChI=1S/C8H7ClN/c1-2-3-7-4-5-8(9)10-6-7/h2-6H,1H2/b3-2+. The molecule has 1 nitrogen and oxygen atoms in total. The maximum atomic E-state index is 5.56. The van der Waals surface area contributed by atoms with Crippen LogP contribution in [0.15, 0.2) is 24.4 Å². The van der Waals surface area contributed by atoms with Crippen LogP contribution in [0.1, 0.15) is 5.56 Å². The molecule has 10 heavy (non-hydrogen) atoms. The first-order chi connectivity index (χ1) is 4.83. The van der Waals surface area contributed by atoms with Crippen LogP contribution in [0.25, 0.3) is 6.08 Å². The van der Waals surface area contributed by atoms with E-state index in [2.05, 4.69) is 11.9 Å². The number of hydrogen-bond donors (Lipinski definition) is 0. The van der Waals surface area contributed by atoms with E-state index in [0.29, 0.717) is 5.15 Å². The molecule has 1 radical (unpaired) electrons. The molecule has 51 valence electrons. The Morgan fingerprint density at radius 3 is 2.80 bits per heavy atom. The van der Waals surface area contributed by atoms with Gasteiger partial charge in [-0.2, -0.15) is 0 Å². The summed E-state index contributed by atoms with van der Waals surface area (Å²) >= 11 is 5.56. The van der Waals surface area contributed by atoms with E-state index in [0.717, 1.165) is 5.56 Å². The summed E-state index contributed by atoms with van der Waals surface area (Å²) in [5.41, 5.74) is 1.01. The maximum absolute atomic E-state index is 5.56. The zero-order valence-corrected chi connectivity index (χ0v) is 6.17. The third kappa shape index (κ3) is 1.85. The maximum Gasteiger partial charge on any atom is 0.129 e. The Labute approximate surface area is 65.4 Å². The van der Waals surface area contributed by atoms with Gasteiger partial charge in [-0.1, -0.05) is 29.8 Å². The molecule has 0 spiro atoms. The summed E-state index contributed by atoms with van der Waals surface area (Å²) in [6.45, 7) is 3.56. The second-order valence-corrected chi connectivity index (χ2v) is 2.20. The van der Waals surface area contributed by atoms with Gasteiger partial charge in [0.2, 0.25) is 0 Å². The van der Waals surface area contributed by atoms with E-state index < -0.39 is 0 Å². The van der Waals surface area contributed by atoms with Crippen molar-refractivity contribution in [1.29, 1.82) is 0 Å². The van der Waals surface area contributed by atoms with Gasteiger partial charge in [-0.3, -0.25) is 0 Å². The fourth-order valence-corrected chi connectivity index (χ4v) is 0.734. The van der Waals surface area contributed by atoms with Gasteiger partial charge in [0.05, 0.1) is 0 Å². The molecule has 0 N–H and O–H groups in total. The second-order valence-electron chi connectivity index (χ2n) is 1.82. The molecule has 0 aromatic carbocycles. The quantitative estimate of drug-likeness (QED) is 0.564. The average Bonchev–Trinajstić information content (AvgIpc) is 1.95. The number of halogens is 1. The lowest BCUT2D eigenvalue weighted by Crippen LogP contribution is -1.75. The van der Waals surface area contributed by atoms with E-state index in [9.17, 15) is 0 Å². The van der Waals surface area contributed by atoms with Crippen LogP contribution in [0.5, 0.6) is 0 Å². The smallest absolute Gasteiger partial charge is 0.129 e. The second kappa shape index (κ2) is 3.37. The summed E-state index contributed by atoms with van der Waals surface area (Å²) in [7, 11) is 0. The normalized spacial score (nSPS) is 10.6. The van der Waals surface area contributed by atoms with E-state index in [1.807, 2.05) is 12.1 Å². The van der Waals surface area contributed by atoms with Crippen LogP contribution in [0, 0.1) is 6.92 Å². The Hall–Kier alpha value is -0.820. The first-order valence-corrected chi connectivity index (χ1v) is 3.28. The minimum atomic E-state index is 0.515. The Bertz CT molecular complexity index is 226. The highest BCUT2D eigenvalue weighted by molar-refractivity contribution is 6.29. The molecule has 2 heteroatoms. The summed E-state index contributed by atoms with van der Waals surface area (Å²) in [6, 6.07) is 3.63.